The molecule has 0 bridgehead atoms. The second kappa shape index (κ2) is 6.93. The van der Waals surface area contributed by atoms with Gasteiger partial charge in [0.2, 0.25) is 11.8 Å². The lowest BCUT2D eigenvalue weighted by atomic mass is 9.88. The number of primary amides is 1. The number of rotatable bonds is 5. The fourth-order valence-electron chi connectivity index (χ4n) is 3.59. The van der Waals surface area contributed by atoms with Gasteiger partial charge in [0, 0.05) is 5.92 Å². The first-order valence-electron chi connectivity index (χ1n) is 8.08. The van der Waals surface area contributed by atoms with E-state index < -0.39 is 5.91 Å². The zero-order chi connectivity index (χ0) is 15.5. The van der Waals surface area contributed by atoms with E-state index in [9.17, 15) is 9.59 Å². The molecule has 0 aromatic carbocycles. The van der Waals surface area contributed by atoms with Crippen molar-refractivity contribution in [3.63, 3.8) is 0 Å². The van der Waals surface area contributed by atoms with Crippen molar-refractivity contribution in [2.45, 2.75) is 56.5 Å². The Labute approximate surface area is 129 Å². The van der Waals surface area contributed by atoms with E-state index in [1.807, 2.05) is 0 Å². The molecule has 0 aromatic heterocycles. The first kappa shape index (κ1) is 15.7. The van der Waals surface area contributed by atoms with Crippen molar-refractivity contribution in [3.8, 4) is 0 Å². The second-order valence-electron chi connectivity index (χ2n) is 6.36. The predicted octanol–water partition coefficient (Wildman–Crippen LogP) is -0.280. The normalized spacial score (nSPS) is 35.3. The Balaban J connectivity index is 1.50. The van der Waals surface area contributed by atoms with Crippen molar-refractivity contribution in [1.82, 2.24) is 5.32 Å². The van der Waals surface area contributed by atoms with Crippen LogP contribution in [0, 0.1) is 5.92 Å². The standard InChI is InChI=1S/C15H24N2O5/c16-12(18)8-20-11-7-22-13-10(6-21-14(11)13)17-15(19)9-4-2-1-3-5-9/h9-11,13-14H,1-8H2,(H2,16,18)(H,17,19). The van der Waals surface area contributed by atoms with E-state index in [-0.39, 0.29) is 42.8 Å². The van der Waals surface area contributed by atoms with Gasteiger partial charge in [0.05, 0.1) is 19.3 Å². The summed E-state index contributed by atoms with van der Waals surface area (Å²) in [5.41, 5.74) is 5.08. The molecule has 0 radical (unpaired) electrons. The minimum absolute atomic E-state index is 0.110. The van der Waals surface area contributed by atoms with Gasteiger partial charge >= 0.3 is 0 Å². The lowest BCUT2D eigenvalue weighted by molar-refractivity contribution is -0.128. The molecule has 2 heterocycles. The van der Waals surface area contributed by atoms with Gasteiger partial charge in [-0.05, 0) is 12.8 Å². The molecule has 0 aromatic rings. The van der Waals surface area contributed by atoms with Gasteiger partial charge in [-0.15, -0.1) is 0 Å². The number of amides is 2. The Hall–Kier alpha value is -1.18. The van der Waals surface area contributed by atoms with Crippen molar-refractivity contribution in [2.24, 2.45) is 11.7 Å². The molecule has 124 valence electrons. The summed E-state index contributed by atoms with van der Waals surface area (Å²) in [4.78, 5) is 23.1. The SMILES string of the molecule is NC(=O)COC1COC2C(NC(=O)C3CCCCC3)COC12. The first-order chi connectivity index (χ1) is 10.6. The third-order valence-corrected chi connectivity index (χ3v) is 4.75. The highest BCUT2D eigenvalue weighted by molar-refractivity contribution is 5.79. The number of carbonyl (C=O) groups is 2. The van der Waals surface area contributed by atoms with Crippen LogP contribution in [-0.4, -0.2) is 56.0 Å². The molecule has 1 aliphatic carbocycles. The fourth-order valence-corrected chi connectivity index (χ4v) is 3.59. The Morgan fingerprint density at radius 3 is 2.55 bits per heavy atom. The average molecular weight is 312 g/mol. The third-order valence-electron chi connectivity index (χ3n) is 4.75. The van der Waals surface area contributed by atoms with Gasteiger partial charge in [0.25, 0.3) is 0 Å². The molecule has 22 heavy (non-hydrogen) atoms. The van der Waals surface area contributed by atoms with Crippen LogP contribution < -0.4 is 11.1 Å². The van der Waals surface area contributed by atoms with E-state index >= 15 is 0 Å². The topological polar surface area (TPSA) is 99.9 Å². The quantitative estimate of drug-likeness (QED) is 0.727. The van der Waals surface area contributed by atoms with Crippen LogP contribution >= 0.6 is 0 Å². The lowest BCUT2D eigenvalue weighted by Gasteiger charge is -2.24. The monoisotopic (exact) mass is 312 g/mol. The summed E-state index contributed by atoms with van der Waals surface area (Å²) in [7, 11) is 0. The molecule has 2 saturated heterocycles. The van der Waals surface area contributed by atoms with Crippen LogP contribution in [0.1, 0.15) is 32.1 Å². The highest BCUT2D eigenvalue weighted by atomic mass is 16.6. The van der Waals surface area contributed by atoms with E-state index in [1.54, 1.807) is 0 Å². The van der Waals surface area contributed by atoms with Gasteiger partial charge in [-0.1, -0.05) is 19.3 Å². The summed E-state index contributed by atoms with van der Waals surface area (Å²) in [5, 5.41) is 3.07. The molecule has 1 saturated carbocycles. The molecular weight excluding hydrogens is 288 g/mol. The highest BCUT2D eigenvalue weighted by Crippen LogP contribution is 2.30. The van der Waals surface area contributed by atoms with Crippen LogP contribution in [0.15, 0.2) is 0 Å². The van der Waals surface area contributed by atoms with Crippen LogP contribution in [-0.2, 0) is 23.8 Å². The first-order valence-corrected chi connectivity index (χ1v) is 8.08. The Morgan fingerprint density at radius 1 is 1.09 bits per heavy atom. The van der Waals surface area contributed by atoms with Crippen LogP contribution in [0.5, 0.6) is 0 Å². The van der Waals surface area contributed by atoms with Crippen molar-refractivity contribution >= 4 is 11.8 Å². The van der Waals surface area contributed by atoms with Crippen molar-refractivity contribution < 1.29 is 23.8 Å². The van der Waals surface area contributed by atoms with E-state index in [1.165, 1.54) is 6.42 Å². The molecule has 4 atom stereocenters. The lowest BCUT2D eigenvalue weighted by Crippen LogP contribution is -2.46. The fraction of sp³-hybridized carbons (Fsp3) is 0.867. The molecule has 7 heteroatoms. The van der Waals surface area contributed by atoms with Gasteiger partial charge < -0.3 is 25.3 Å². The van der Waals surface area contributed by atoms with Crippen molar-refractivity contribution in [2.75, 3.05) is 19.8 Å². The van der Waals surface area contributed by atoms with Gasteiger partial charge in [0.1, 0.15) is 24.9 Å². The summed E-state index contributed by atoms with van der Waals surface area (Å²) in [5.74, 6) is -0.279. The van der Waals surface area contributed by atoms with Crippen LogP contribution in [0.3, 0.4) is 0 Å². The molecule has 2 amide bonds. The zero-order valence-corrected chi connectivity index (χ0v) is 12.7. The zero-order valence-electron chi connectivity index (χ0n) is 12.7. The number of nitrogens with one attached hydrogen (secondary N) is 1. The minimum Gasteiger partial charge on any atom is -0.370 e. The Bertz CT molecular complexity index is 424. The molecule has 4 unspecified atom stereocenters. The van der Waals surface area contributed by atoms with Crippen molar-refractivity contribution in [3.05, 3.63) is 0 Å². The Kier molecular flexibility index (Phi) is 4.95. The number of hydrogen-bond donors (Lipinski definition) is 2. The predicted molar refractivity (Wildman–Crippen MR) is 76.9 cm³/mol. The molecule has 3 aliphatic rings. The van der Waals surface area contributed by atoms with Gasteiger partial charge in [-0.2, -0.15) is 0 Å². The van der Waals surface area contributed by atoms with Crippen LogP contribution in [0.4, 0.5) is 0 Å². The van der Waals surface area contributed by atoms with Crippen LogP contribution in [0.25, 0.3) is 0 Å². The molecule has 3 N–H and O–H groups in total. The van der Waals surface area contributed by atoms with Crippen molar-refractivity contribution in [1.29, 1.82) is 0 Å². The van der Waals surface area contributed by atoms with Gasteiger partial charge in [-0.3, -0.25) is 9.59 Å². The Morgan fingerprint density at radius 2 is 1.82 bits per heavy atom. The maximum Gasteiger partial charge on any atom is 0.243 e. The minimum atomic E-state index is -0.511. The number of nitrogens with two attached hydrogens (primary N) is 1. The van der Waals surface area contributed by atoms with Crippen LogP contribution in [0.2, 0.25) is 0 Å². The summed E-state index contributed by atoms with van der Waals surface area (Å²) >= 11 is 0. The molecule has 0 spiro atoms. The van der Waals surface area contributed by atoms with E-state index in [0.717, 1.165) is 25.7 Å². The molecule has 3 fully saturated rings. The van der Waals surface area contributed by atoms with Gasteiger partial charge in [0.15, 0.2) is 0 Å². The van der Waals surface area contributed by atoms with E-state index in [2.05, 4.69) is 5.32 Å². The number of carbonyl (C=O) groups excluding carboxylic acids is 2. The molecule has 3 rings (SSSR count). The summed E-state index contributed by atoms with van der Waals surface area (Å²) in [6.07, 6.45) is 4.69. The highest BCUT2D eigenvalue weighted by Gasteiger charge is 2.49. The summed E-state index contributed by atoms with van der Waals surface area (Å²) < 4.78 is 16.8. The third kappa shape index (κ3) is 3.42. The average Bonchev–Trinajstić information content (AvgIpc) is 3.09. The molecule has 2 aliphatic heterocycles. The smallest absolute Gasteiger partial charge is 0.243 e. The number of fused-ring (bicyclic) bond motifs is 1. The largest absolute Gasteiger partial charge is 0.370 e. The number of hydrogen-bond acceptors (Lipinski definition) is 5. The summed E-state index contributed by atoms with van der Waals surface area (Å²) in [6.45, 7) is 0.641. The molecule has 7 nitrogen and oxygen atoms in total. The second-order valence-corrected chi connectivity index (χ2v) is 6.36. The molecular formula is C15H24N2O5. The van der Waals surface area contributed by atoms with Gasteiger partial charge in [-0.25, -0.2) is 0 Å². The number of ether oxygens (including phenoxy) is 3. The van der Waals surface area contributed by atoms with E-state index in [4.69, 9.17) is 19.9 Å². The maximum atomic E-state index is 12.3. The summed E-state index contributed by atoms with van der Waals surface area (Å²) in [6, 6.07) is -0.137. The van der Waals surface area contributed by atoms with E-state index in [0.29, 0.717) is 13.2 Å². The maximum absolute atomic E-state index is 12.3.